The van der Waals surface area contributed by atoms with Crippen LogP contribution < -0.4 is 10.6 Å². The van der Waals surface area contributed by atoms with Crippen LogP contribution in [-0.2, 0) is 0 Å². The normalized spacial score (nSPS) is 18.9. The zero-order valence-electron chi connectivity index (χ0n) is 15.8. The number of carbonyl (C=O) groups excluding carboxylic acids is 1. The lowest BCUT2D eigenvalue weighted by Gasteiger charge is -2.28. The molecular weight excluding hydrogens is 372 g/mol. The van der Waals surface area contributed by atoms with Crippen LogP contribution in [0, 0.1) is 0 Å². The fourth-order valence-electron chi connectivity index (χ4n) is 3.65. The first kappa shape index (κ1) is 20.1. The van der Waals surface area contributed by atoms with Crippen LogP contribution in [-0.4, -0.2) is 34.3 Å². The van der Waals surface area contributed by atoms with Crippen LogP contribution in [0.4, 0.5) is 0 Å². The van der Waals surface area contributed by atoms with E-state index < -0.39 is 0 Å². The van der Waals surface area contributed by atoms with Crippen LogP contribution >= 0.6 is 12.4 Å². The number of amides is 1. The number of aromatic nitrogens is 2. The Bertz CT molecular complexity index is 925. The Morgan fingerprint density at radius 2 is 1.96 bits per heavy atom. The first-order valence-electron chi connectivity index (χ1n) is 9.45. The molecule has 2 unspecified atom stereocenters. The maximum Gasteiger partial charge on any atom is 0.251 e. The molecule has 1 amide bonds. The maximum atomic E-state index is 12.7. The summed E-state index contributed by atoms with van der Waals surface area (Å²) in [5, 5.41) is 11.1. The Hall–Kier alpha value is -2.63. The fraction of sp³-hybridized carbons (Fsp3) is 0.273. The van der Waals surface area contributed by atoms with E-state index in [9.17, 15) is 4.79 Å². The van der Waals surface area contributed by atoms with E-state index in [1.54, 1.807) is 6.20 Å². The molecule has 2 N–H and O–H groups in total. The zero-order valence-corrected chi connectivity index (χ0v) is 16.7. The van der Waals surface area contributed by atoms with Gasteiger partial charge in [-0.1, -0.05) is 36.4 Å². The van der Waals surface area contributed by atoms with E-state index in [0.717, 1.165) is 36.3 Å². The predicted molar refractivity (Wildman–Crippen MR) is 114 cm³/mol. The van der Waals surface area contributed by atoms with Crippen molar-refractivity contribution >= 4 is 18.3 Å². The second kappa shape index (κ2) is 9.04. The third-order valence-electron chi connectivity index (χ3n) is 5.02. The molecular formula is C22H25ClN4O. The summed E-state index contributed by atoms with van der Waals surface area (Å²) in [4.78, 5) is 12.7. The summed E-state index contributed by atoms with van der Waals surface area (Å²) in [6.45, 7) is 3.10. The van der Waals surface area contributed by atoms with Gasteiger partial charge in [0.2, 0.25) is 0 Å². The molecule has 6 heteroatoms. The molecule has 4 rings (SSSR count). The molecule has 146 valence electrons. The van der Waals surface area contributed by atoms with Gasteiger partial charge in [0.25, 0.3) is 5.91 Å². The highest BCUT2D eigenvalue weighted by Gasteiger charge is 2.20. The summed E-state index contributed by atoms with van der Waals surface area (Å²) in [6, 6.07) is 20.4. The number of halogens is 1. The highest BCUT2D eigenvalue weighted by Crippen LogP contribution is 2.22. The number of carbonyl (C=O) groups is 1. The third kappa shape index (κ3) is 4.43. The van der Waals surface area contributed by atoms with E-state index in [-0.39, 0.29) is 24.4 Å². The van der Waals surface area contributed by atoms with Crippen LogP contribution in [0.15, 0.2) is 66.9 Å². The SMILES string of the molecule is CC1CC(NC(=O)c2cccc(-n3nccc3-c3ccccc3)c2)CCN1.Cl. The maximum absolute atomic E-state index is 12.7. The van der Waals surface area contributed by atoms with Gasteiger partial charge < -0.3 is 10.6 Å². The Kier molecular flexibility index (Phi) is 6.49. The number of rotatable bonds is 4. The van der Waals surface area contributed by atoms with Crippen LogP contribution in [0.3, 0.4) is 0 Å². The Balaban J connectivity index is 0.00000225. The lowest BCUT2D eigenvalue weighted by Crippen LogP contribution is -2.46. The number of nitrogens with zero attached hydrogens (tertiary/aromatic N) is 2. The predicted octanol–water partition coefficient (Wildman–Crippen LogP) is 3.83. The van der Waals surface area contributed by atoms with Crippen molar-refractivity contribution in [2.45, 2.75) is 31.8 Å². The molecule has 1 aromatic heterocycles. The largest absolute Gasteiger partial charge is 0.349 e. The number of hydrogen-bond acceptors (Lipinski definition) is 3. The van der Waals surface area contributed by atoms with E-state index in [2.05, 4.69) is 34.8 Å². The highest BCUT2D eigenvalue weighted by atomic mass is 35.5. The second-order valence-corrected chi connectivity index (χ2v) is 7.09. The minimum absolute atomic E-state index is 0. The van der Waals surface area contributed by atoms with Gasteiger partial charge in [0.05, 0.1) is 17.6 Å². The minimum Gasteiger partial charge on any atom is -0.349 e. The van der Waals surface area contributed by atoms with Crippen molar-refractivity contribution in [1.29, 1.82) is 0 Å². The van der Waals surface area contributed by atoms with E-state index in [0.29, 0.717) is 11.6 Å². The molecule has 0 spiro atoms. The van der Waals surface area contributed by atoms with Crippen LogP contribution in [0.2, 0.25) is 0 Å². The van der Waals surface area contributed by atoms with Gasteiger partial charge >= 0.3 is 0 Å². The smallest absolute Gasteiger partial charge is 0.251 e. The number of piperidine rings is 1. The molecule has 5 nitrogen and oxygen atoms in total. The Labute approximate surface area is 171 Å². The molecule has 2 heterocycles. The molecule has 1 fully saturated rings. The molecule has 2 atom stereocenters. The topological polar surface area (TPSA) is 59.0 Å². The fourth-order valence-corrected chi connectivity index (χ4v) is 3.65. The van der Waals surface area contributed by atoms with Crippen molar-refractivity contribution in [2.75, 3.05) is 6.54 Å². The Morgan fingerprint density at radius 1 is 1.14 bits per heavy atom. The first-order valence-corrected chi connectivity index (χ1v) is 9.45. The van der Waals surface area contributed by atoms with Crippen molar-refractivity contribution in [2.24, 2.45) is 0 Å². The molecule has 0 aliphatic carbocycles. The van der Waals surface area contributed by atoms with Gasteiger partial charge in [-0.3, -0.25) is 4.79 Å². The molecule has 3 aromatic rings. The van der Waals surface area contributed by atoms with E-state index >= 15 is 0 Å². The zero-order chi connectivity index (χ0) is 18.6. The van der Waals surface area contributed by atoms with Crippen molar-refractivity contribution in [1.82, 2.24) is 20.4 Å². The standard InChI is InChI=1S/C22H24N4O.ClH/c1-16-14-19(10-12-23-16)25-22(27)18-8-5-9-20(15-18)26-21(11-13-24-26)17-6-3-2-4-7-17;/h2-9,11,13,15-16,19,23H,10,12,14H2,1H3,(H,25,27);1H. The molecule has 1 saturated heterocycles. The molecule has 0 saturated carbocycles. The average Bonchev–Trinajstić information content (AvgIpc) is 3.19. The van der Waals surface area contributed by atoms with Gasteiger partial charge in [-0.15, -0.1) is 12.4 Å². The van der Waals surface area contributed by atoms with Crippen LogP contribution in [0.25, 0.3) is 16.9 Å². The molecule has 1 aliphatic heterocycles. The van der Waals surface area contributed by atoms with Crippen LogP contribution in [0.1, 0.15) is 30.1 Å². The van der Waals surface area contributed by atoms with Gasteiger partial charge in [0, 0.05) is 23.2 Å². The van der Waals surface area contributed by atoms with Gasteiger partial charge in [0.15, 0.2) is 0 Å². The van der Waals surface area contributed by atoms with Crippen molar-refractivity contribution < 1.29 is 4.79 Å². The molecule has 2 aromatic carbocycles. The van der Waals surface area contributed by atoms with Gasteiger partial charge in [-0.05, 0) is 50.6 Å². The number of hydrogen-bond donors (Lipinski definition) is 2. The molecule has 28 heavy (non-hydrogen) atoms. The summed E-state index contributed by atoms with van der Waals surface area (Å²) >= 11 is 0. The highest BCUT2D eigenvalue weighted by molar-refractivity contribution is 5.95. The quantitative estimate of drug-likeness (QED) is 0.704. The summed E-state index contributed by atoms with van der Waals surface area (Å²) < 4.78 is 1.87. The molecule has 1 aliphatic rings. The van der Waals surface area contributed by atoms with Crippen molar-refractivity contribution in [3.05, 3.63) is 72.4 Å². The summed E-state index contributed by atoms with van der Waals surface area (Å²) in [7, 11) is 0. The van der Waals surface area contributed by atoms with Crippen LogP contribution in [0.5, 0.6) is 0 Å². The average molecular weight is 397 g/mol. The monoisotopic (exact) mass is 396 g/mol. The van der Waals surface area contributed by atoms with Crippen molar-refractivity contribution in [3.8, 4) is 16.9 Å². The van der Waals surface area contributed by atoms with E-state index in [1.165, 1.54) is 0 Å². The second-order valence-electron chi connectivity index (χ2n) is 7.09. The number of benzene rings is 2. The third-order valence-corrected chi connectivity index (χ3v) is 5.02. The lowest BCUT2D eigenvalue weighted by atomic mass is 10.00. The molecule has 0 bridgehead atoms. The number of nitrogens with one attached hydrogen (secondary N) is 2. The van der Waals surface area contributed by atoms with Gasteiger partial charge in [0.1, 0.15) is 0 Å². The summed E-state index contributed by atoms with van der Waals surface area (Å²) in [6.07, 6.45) is 3.71. The molecule has 0 radical (unpaired) electrons. The lowest BCUT2D eigenvalue weighted by molar-refractivity contribution is 0.0925. The van der Waals surface area contributed by atoms with Crippen molar-refractivity contribution in [3.63, 3.8) is 0 Å². The summed E-state index contributed by atoms with van der Waals surface area (Å²) in [5.74, 6) is -0.0237. The Morgan fingerprint density at radius 3 is 2.75 bits per heavy atom. The minimum atomic E-state index is -0.0237. The van der Waals surface area contributed by atoms with E-state index in [4.69, 9.17) is 0 Å². The first-order chi connectivity index (χ1) is 13.2. The van der Waals surface area contributed by atoms with Gasteiger partial charge in [-0.25, -0.2) is 4.68 Å². The summed E-state index contributed by atoms with van der Waals surface area (Å²) in [5.41, 5.74) is 3.63. The van der Waals surface area contributed by atoms with Gasteiger partial charge in [-0.2, -0.15) is 5.10 Å². The van der Waals surface area contributed by atoms with E-state index in [1.807, 2.05) is 53.2 Å².